The molecule has 0 saturated carbocycles. The predicted molar refractivity (Wildman–Crippen MR) is 121 cm³/mol. The van der Waals surface area contributed by atoms with Crippen molar-refractivity contribution in [2.24, 2.45) is 0 Å². The summed E-state index contributed by atoms with van der Waals surface area (Å²) in [5, 5.41) is 1.59. The summed E-state index contributed by atoms with van der Waals surface area (Å²) >= 11 is 6.28. The summed E-state index contributed by atoms with van der Waals surface area (Å²) in [6, 6.07) is 1.97. The first-order valence-electron chi connectivity index (χ1n) is 9.67. The van der Waals surface area contributed by atoms with Crippen LogP contribution in [0.1, 0.15) is 48.5 Å². The van der Waals surface area contributed by atoms with Gasteiger partial charge in [0.1, 0.15) is 17.1 Å². The van der Waals surface area contributed by atoms with Gasteiger partial charge in [-0.2, -0.15) is 0 Å². The second-order valence-electron chi connectivity index (χ2n) is 10.3. The molecule has 28 heavy (non-hydrogen) atoms. The van der Waals surface area contributed by atoms with Crippen LogP contribution in [-0.4, -0.2) is 45.8 Å². The van der Waals surface area contributed by atoms with E-state index >= 15 is 0 Å². The molecule has 0 aliphatic rings. The van der Waals surface area contributed by atoms with Gasteiger partial charge in [-0.25, -0.2) is 9.97 Å². The molecule has 1 unspecified atom stereocenters. The lowest BCUT2D eigenvalue weighted by Gasteiger charge is -2.40. The number of hydrogen-bond acceptors (Lipinski definition) is 4. The minimum atomic E-state index is -1.91. The van der Waals surface area contributed by atoms with Crippen molar-refractivity contribution in [1.29, 1.82) is 0 Å². The molecule has 0 spiro atoms. The van der Waals surface area contributed by atoms with Crippen molar-refractivity contribution in [2.75, 3.05) is 13.2 Å². The van der Waals surface area contributed by atoms with E-state index in [0.29, 0.717) is 28.1 Å². The number of aromatic nitrogens is 3. The molecule has 0 aromatic carbocycles. The lowest BCUT2D eigenvalue weighted by atomic mass is 10.1. The SMILES string of the molecule is CC(C)(C)[Si]OCC(C)(CO[Si](C)(C)C(C)(C)C)n1ccc2c(Cl)ncnc21. The van der Waals surface area contributed by atoms with Gasteiger partial charge in [0.2, 0.25) is 9.76 Å². The summed E-state index contributed by atoms with van der Waals surface area (Å²) in [6.45, 7) is 21.2. The number of fused-ring (bicyclic) bond motifs is 1. The van der Waals surface area contributed by atoms with E-state index in [1.165, 1.54) is 6.33 Å². The molecule has 156 valence electrons. The van der Waals surface area contributed by atoms with Crippen LogP contribution >= 0.6 is 11.6 Å². The first kappa shape index (κ1) is 23.5. The molecule has 2 aromatic rings. The van der Waals surface area contributed by atoms with E-state index in [2.05, 4.69) is 76.1 Å². The summed E-state index contributed by atoms with van der Waals surface area (Å²) in [7, 11) is -1.50. The number of hydrogen-bond donors (Lipinski definition) is 0. The molecule has 5 nitrogen and oxygen atoms in total. The van der Waals surface area contributed by atoms with Gasteiger partial charge in [-0.1, -0.05) is 53.1 Å². The van der Waals surface area contributed by atoms with Crippen molar-refractivity contribution in [1.82, 2.24) is 14.5 Å². The molecule has 2 heterocycles. The van der Waals surface area contributed by atoms with Crippen molar-refractivity contribution < 1.29 is 8.85 Å². The van der Waals surface area contributed by atoms with Crippen LogP contribution in [0.25, 0.3) is 11.0 Å². The zero-order valence-corrected chi connectivity index (χ0v) is 21.4. The maximum absolute atomic E-state index is 6.61. The summed E-state index contributed by atoms with van der Waals surface area (Å²) in [5.74, 6) is 0. The van der Waals surface area contributed by atoms with Crippen molar-refractivity contribution in [3.63, 3.8) is 0 Å². The van der Waals surface area contributed by atoms with Gasteiger partial charge in [0.15, 0.2) is 8.32 Å². The van der Waals surface area contributed by atoms with Crippen molar-refractivity contribution in [3.8, 4) is 0 Å². The normalized spacial score (nSPS) is 15.8. The fourth-order valence-electron chi connectivity index (χ4n) is 2.50. The summed E-state index contributed by atoms with van der Waals surface area (Å²) in [5.41, 5.74) is 0.414. The molecule has 2 aromatic heterocycles. The van der Waals surface area contributed by atoms with Crippen LogP contribution in [-0.2, 0) is 14.4 Å². The summed E-state index contributed by atoms with van der Waals surface area (Å²) < 4.78 is 14.9. The average Bonchev–Trinajstić information content (AvgIpc) is 2.97. The van der Waals surface area contributed by atoms with Crippen LogP contribution < -0.4 is 0 Å². The smallest absolute Gasteiger partial charge is 0.235 e. The zero-order chi connectivity index (χ0) is 21.4. The Morgan fingerprint density at radius 3 is 2.29 bits per heavy atom. The third-order valence-electron chi connectivity index (χ3n) is 5.33. The Morgan fingerprint density at radius 1 is 1.07 bits per heavy atom. The molecule has 2 radical (unpaired) electrons. The zero-order valence-electron chi connectivity index (χ0n) is 18.7. The van der Waals surface area contributed by atoms with Gasteiger partial charge in [0.25, 0.3) is 0 Å². The van der Waals surface area contributed by atoms with Crippen molar-refractivity contribution in [2.45, 2.75) is 77.2 Å². The maximum Gasteiger partial charge on any atom is 0.235 e. The Labute approximate surface area is 178 Å². The molecule has 0 fully saturated rings. The number of rotatable bonds is 7. The summed E-state index contributed by atoms with van der Waals surface area (Å²) in [4.78, 5) is 8.59. The van der Waals surface area contributed by atoms with Crippen LogP contribution in [0.4, 0.5) is 0 Å². The van der Waals surface area contributed by atoms with E-state index in [-0.39, 0.29) is 10.1 Å². The molecule has 0 amide bonds. The van der Waals surface area contributed by atoms with Crippen LogP contribution in [0.5, 0.6) is 0 Å². The Balaban J connectivity index is 2.36. The largest absolute Gasteiger partial charge is 0.414 e. The molecular weight excluding hydrogens is 406 g/mol. The number of nitrogens with zero attached hydrogens (tertiary/aromatic N) is 3. The van der Waals surface area contributed by atoms with Gasteiger partial charge in [-0.05, 0) is 36.2 Å². The lowest BCUT2D eigenvalue weighted by molar-refractivity contribution is 0.0971. The van der Waals surface area contributed by atoms with E-state index in [0.717, 1.165) is 11.0 Å². The second kappa shape index (κ2) is 8.18. The van der Waals surface area contributed by atoms with Gasteiger partial charge >= 0.3 is 0 Å². The standard InChI is InChI=1S/C20H34ClN3O2Si2/c1-18(2,3)27-25-12-20(7,13-26-28(8,9)19(4,5)6)24-11-10-15-16(21)22-14-23-17(15)24/h10-11,14H,12-13H2,1-9H3. The van der Waals surface area contributed by atoms with Gasteiger partial charge in [-0.3, -0.25) is 0 Å². The third-order valence-corrected chi connectivity index (χ3v) is 11.0. The fraction of sp³-hybridized carbons (Fsp3) is 0.700. The molecule has 0 aliphatic carbocycles. The van der Waals surface area contributed by atoms with Gasteiger partial charge in [-0.15, -0.1) is 0 Å². The topological polar surface area (TPSA) is 49.2 Å². The van der Waals surface area contributed by atoms with E-state index in [1.54, 1.807) is 0 Å². The molecule has 0 aliphatic heterocycles. The van der Waals surface area contributed by atoms with Gasteiger partial charge in [0.05, 0.1) is 24.1 Å². The Morgan fingerprint density at radius 2 is 1.71 bits per heavy atom. The van der Waals surface area contributed by atoms with Gasteiger partial charge in [0, 0.05) is 6.20 Å². The highest BCUT2D eigenvalue weighted by Crippen LogP contribution is 2.38. The van der Waals surface area contributed by atoms with Crippen LogP contribution in [0.2, 0.25) is 28.3 Å². The van der Waals surface area contributed by atoms with Crippen LogP contribution in [0.15, 0.2) is 18.6 Å². The first-order chi connectivity index (χ1) is 12.7. The molecule has 0 saturated heterocycles. The molecule has 0 bridgehead atoms. The monoisotopic (exact) mass is 439 g/mol. The summed E-state index contributed by atoms with van der Waals surface area (Å²) in [6.07, 6.45) is 3.53. The van der Waals surface area contributed by atoms with E-state index in [4.69, 9.17) is 20.5 Å². The highest BCUT2D eigenvalue weighted by atomic mass is 35.5. The Hall–Kier alpha value is -0.736. The van der Waals surface area contributed by atoms with E-state index in [9.17, 15) is 0 Å². The molecule has 0 N–H and O–H groups in total. The van der Waals surface area contributed by atoms with Crippen molar-refractivity contribution >= 4 is 40.7 Å². The number of halogens is 1. The first-order valence-corrected chi connectivity index (χ1v) is 13.9. The molecular formula is C20H34ClN3O2Si2. The fourth-order valence-corrected chi connectivity index (χ4v) is 4.61. The maximum atomic E-state index is 6.61. The third kappa shape index (κ3) is 5.45. The Kier molecular flexibility index (Phi) is 6.88. The highest BCUT2D eigenvalue weighted by molar-refractivity contribution is 6.74. The molecule has 2 rings (SSSR count). The van der Waals surface area contributed by atoms with Gasteiger partial charge < -0.3 is 13.4 Å². The van der Waals surface area contributed by atoms with Crippen LogP contribution in [0, 0.1) is 0 Å². The van der Waals surface area contributed by atoms with Crippen LogP contribution in [0.3, 0.4) is 0 Å². The minimum Gasteiger partial charge on any atom is -0.414 e. The Bertz CT molecular complexity index is 812. The van der Waals surface area contributed by atoms with E-state index in [1.807, 2.05) is 12.3 Å². The van der Waals surface area contributed by atoms with E-state index < -0.39 is 13.9 Å². The average molecular weight is 440 g/mol. The highest BCUT2D eigenvalue weighted by Gasteiger charge is 2.40. The lowest BCUT2D eigenvalue weighted by Crippen LogP contribution is -2.48. The molecule has 8 heteroatoms. The van der Waals surface area contributed by atoms with Crippen molar-refractivity contribution in [3.05, 3.63) is 23.7 Å². The minimum absolute atomic E-state index is 0.130. The molecule has 1 atom stereocenters. The quantitative estimate of drug-likeness (QED) is 0.411. The predicted octanol–water partition coefficient (Wildman–Crippen LogP) is 5.68. The second-order valence-corrected chi connectivity index (χ2v) is 17.4.